The van der Waals surface area contributed by atoms with E-state index in [4.69, 9.17) is 21.5 Å². The summed E-state index contributed by atoms with van der Waals surface area (Å²) in [5.41, 5.74) is 21.5. The summed E-state index contributed by atoms with van der Waals surface area (Å²) in [6, 6.07) is 20.8. The van der Waals surface area contributed by atoms with E-state index in [-0.39, 0.29) is 144 Å². The number of aliphatic hydroxyl groups excluding tert-OH is 2. The third-order valence-electron chi connectivity index (χ3n) is 7.30. The summed E-state index contributed by atoms with van der Waals surface area (Å²) in [6.07, 6.45) is 14.0. The summed E-state index contributed by atoms with van der Waals surface area (Å²) < 4.78 is 11.5. The third kappa shape index (κ3) is 13.8. The van der Waals surface area contributed by atoms with Crippen LogP contribution in [-0.4, -0.2) is 61.7 Å². The van der Waals surface area contributed by atoms with Gasteiger partial charge in [0.25, 0.3) is 0 Å². The van der Waals surface area contributed by atoms with E-state index in [2.05, 4.69) is 35.2 Å². The second kappa shape index (κ2) is 25.9. The maximum absolute atomic E-state index is 11.4. The molecule has 16 nitrogen and oxygen atoms in total. The molecule has 0 amide bonds. The number of nitrogens with zero attached hydrogens (tertiary/aromatic N) is 11. The number of fused-ring (bicyclic) bond motifs is 4. The van der Waals surface area contributed by atoms with Crippen molar-refractivity contribution in [1.29, 1.82) is 0 Å². The minimum absolute atomic E-state index is 0. The molecule has 0 atom stereocenters. The number of ether oxygens (including phenoxy) is 1. The molecule has 8 rings (SSSR count). The molecule has 8 aromatic rings. The zero-order valence-electron chi connectivity index (χ0n) is 29.3. The molecule has 0 aliphatic carbocycles. The average Bonchev–Trinajstić information content (AvgIpc) is 4.00. The van der Waals surface area contributed by atoms with Crippen molar-refractivity contribution in [2.75, 3.05) is 7.11 Å². The SMILES string of the molecule is COC(=O)c1cnn2ccc(CO)cc12.NCc1ccn2nccc2c1.OCc1ccn2nccc2c1.[N-]=[N+]=NCc1ccn2nccc2c1.[Y].[Y].[Y].[Y]. The van der Waals surface area contributed by atoms with Gasteiger partial charge in [-0.25, -0.2) is 22.9 Å². The van der Waals surface area contributed by atoms with Gasteiger partial charge in [-0.1, -0.05) is 5.11 Å². The summed E-state index contributed by atoms with van der Waals surface area (Å²) in [4.78, 5) is 14.1. The van der Waals surface area contributed by atoms with Crippen molar-refractivity contribution in [3.63, 3.8) is 0 Å². The maximum Gasteiger partial charge on any atom is 0.341 e. The fourth-order valence-corrected chi connectivity index (χ4v) is 4.73. The van der Waals surface area contributed by atoms with Crippen LogP contribution in [0.1, 0.15) is 32.6 Å². The van der Waals surface area contributed by atoms with Gasteiger partial charge >= 0.3 is 5.97 Å². The van der Waals surface area contributed by atoms with Gasteiger partial charge in [0, 0.05) is 186 Å². The number of hydrogen-bond acceptors (Lipinski definition) is 10. The van der Waals surface area contributed by atoms with Gasteiger partial charge in [0.15, 0.2) is 0 Å². The summed E-state index contributed by atoms with van der Waals surface area (Å²) in [6.45, 7) is 0.990. The summed E-state index contributed by atoms with van der Waals surface area (Å²) in [7, 11) is 1.32. The molecule has 0 aromatic carbocycles. The Labute approximate surface area is 410 Å². The van der Waals surface area contributed by atoms with Gasteiger partial charge in [-0.2, -0.15) is 20.4 Å². The molecule has 0 spiro atoms. The van der Waals surface area contributed by atoms with Crippen molar-refractivity contribution in [3.05, 3.63) is 155 Å². The van der Waals surface area contributed by atoms with Gasteiger partial charge in [0.1, 0.15) is 5.56 Å². The van der Waals surface area contributed by atoms with Gasteiger partial charge in [0.2, 0.25) is 0 Å². The number of azide groups is 1. The smallest absolute Gasteiger partial charge is 0.341 e. The molecule has 4 radical (unpaired) electrons. The molecule has 0 unspecified atom stereocenters. The van der Waals surface area contributed by atoms with E-state index in [0.717, 1.165) is 38.8 Å². The van der Waals surface area contributed by atoms with E-state index in [0.29, 0.717) is 24.2 Å². The van der Waals surface area contributed by atoms with Crippen LogP contribution in [0.5, 0.6) is 0 Å². The van der Waals surface area contributed by atoms with Gasteiger partial charge < -0.3 is 20.7 Å². The zero-order chi connectivity index (χ0) is 35.3. The van der Waals surface area contributed by atoms with Gasteiger partial charge in [0.05, 0.1) is 55.1 Å². The fourth-order valence-electron chi connectivity index (χ4n) is 4.73. The minimum Gasteiger partial charge on any atom is -0.465 e. The second-order valence-corrected chi connectivity index (χ2v) is 10.5. The largest absolute Gasteiger partial charge is 0.465 e. The van der Waals surface area contributed by atoms with Crippen LogP contribution in [0, 0.1) is 0 Å². The van der Waals surface area contributed by atoms with E-state index in [9.17, 15) is 4.79 Å². The van der Waals surface area contributed by atoms with Crippen molar-refractivity contribution in [2.24, 2.45) is 10.8 Å². The van der Waals surface area contributed by atoms with Crippen LogP contribution in [0.2, 0.25) is 0 Å². The molecule has 0 aliphatic rings. The van der Waals surface area contributed by atoms with Crippen LogP contribution in [0.25, 0.3) is 32.5 Å². The number of rotatable bonds is 6. The van der Waals surface area contributed by atoms with Crippen LogP contribution in [-0.2, 0) is 162 Å². The number of methoxy groups -OCH3 is 1. The van der Waals surface area contributed by atoms with E-state index in [1.165, 1.54) is 13.3 Å². The predicted molar refractivity (Wildman–Crippen MR) is 185 cm³/mol. The monoisotopic (exact) mass is 1030 g/mol. The molecule has 54 heavy (non-hydrogen) atoms. The first kappa shape index (κ1) is 49.9. The second-order valence-electron chi connectivity index (χ2n) is 10.5. The number of carbonyl (C=O) groups is 1. The Hall–Kier alpha value is -2.16. The molecule has 4 N–H and O–H groups in total. The van der Waals surface area contributed by atoms with Gasteiger partial charge in [-0.15, -0.1) is 0 Å². The average molecular weight is 1030 g/mol. The number of pyridine rings is 4. The number of aromatic nitrogens is 8. The van der Waals surface area contributed by atoms with Crippen LogP contribution in [0.15, 0.2) is 121 Å². The Morgan fingerprint density at radius 1 is 0.704 bits per heavy atom. The number of hydrogen-bond donors (Lipinski definition) is 3. The normalized spacial score (nSPS) is 9.63. The topological polar surface area (TPSA) is 211 Å². The maximum atomic E-state index is 11.4. The number of carbonyl (C=O) groups excluding carboxylic acids is 1. The van der Waals surface area contributed by atoms with E-state index < -0.39 is 5.97 Å². The van der Waals surface area contributed by atoms with Crippen molar-refractivity contribution < 1.29 is 151 Å². The van der Waals surface area contributed by atoms with Crippen LogP contribution in [0.3, 0.4) is 0 Å². The molecule has 20 heteroatoms. The standard InChI is InChI=1S/C10H10N2O3.C8H7N5.C8H9N3.C8H8N2O.4Y/c1-15-10(14)8-5-11-12-3-2-7(6-13)4-9(8)12;9-12-10-6-7-2-4-13-8(5-7)1-3-11-13;9-6-7-2-4-11-8(5-7)1-3-10-11;11-6-7-2-4-10-8(5-7)1-3-9-10;;;;/h2-5,13H,6H2,1H3;1-5H,6H2;1-5H,6,9H2;1-5,11H,6H2;;;;. The Balaban J connectivity index is 0.000000354. The zero-order valence-corrected chi connectivity index (χ0v) is 40.7. The van der Waals surface area contributed by atoms with Crippen molar-refractivity contribution in [2.45, 2.75) is 26.3 Å². The molecule has 8 aromatic heterocycles. The molecular weight excluding hydrogens is 996 g/mol. The van der Waals surface area contributed by atoms with Gasteiger partial charge in [-0.05, 0) is 94.5 Å². The first-order valence-corrected chi connectivity index (χ1v) is 15.2. The predicted octanol–water partition coefficient (Wildman–Crippen LogP) is 4.37. The Morgan fingerprint density at radius 3 is 1.63 bits per heavy atom. The quantitative estimate of drug-likeness (QED) is 0.0934. The molecule has 0 bridgehead atoms. The van der Waals surface area contributed by atoms with Gasteiger partial charge in [-0.3, -0.25) is 0 Å². The third-order valence-corrected chi connectivity index (χ3v) is 7.30. The number of nitrogens with two attached hydrogens (primary N) is 1. The fraction of sp³-hybridized carbons (Fsp3) is 0.147. The molecule has 266 valence electrons. The van der Waals surface area contributed by atoms with E-state index in [1.807, 2.05) is 77.7 Å². The molecule has 0 saturated carbocycles. The molecule has 0 fully saturated rings. The molecular formula is C34H34N12O4Y4. The molecule has 8 heterocycles. The Morgan fingerprint density at radius 2 is 1.15 bits per heavy atom. The van der Waals surface area contributed by atoms with E-state index in [1.54, 1.807) is 50.5 Å². The van der Waals surface area contributed by atoms with Crippen molar-refractivity contribution in [3.8, 4) is 0 Å². The summed E-state index contributed by atoms with van der Waals surface area (Å²) >= 11 is 0. The summed E-state index contributed by atoms with van der Waals surface area (Å²) in [5, 5.41) is 37.4. The summed E-state index contributed by atoms with van der Waals surface area (Å²) in [5.74, 6) is -0.430. The number of aliphatic hydroxyl groups is 2. The number of esters is 1. The first-order valence-electron chi connectivity index (χ1n) is 15.2. The van der Waals surface area contributed by atoms with E-state index >= 15 is 0 Å². The Kier molecular flexibility index (Phi) is 23.9. The Bertz CT molecular complexity index is 2310. The van der Waals surface area contributed by atoms with Crippen molar-refractivity contribution in [1.82, 2.24) is 38.5 Å². The minimum atomic E-state index is -0.430. The molecule has 0 saturated heterocycles. The first-order chi connectivity index (χ1) is 24.5. The van der Waals surface area contributed by atoms with Crippen LogP contribution >= 0.6 is 0 Å². The van der Waals surface area contributed by atoms with Crippen LogP contribution in [0.4, 0.5) is 0 Å². The van der Waals surface area contributed by atoms with Crippen LogP contribution < -0.4 is 5.73 Å². The van der Waals surface area contributed by atoms with Crippen molar-refractivity contribution >= 4 is 28.0 Å². The molecule has 0 aliphatic heterocycles.